The maximum atomic E-state index is 15.6. The number of ether oxygens (including phenoxy) is 1. The fraction of sp³-hybridized carbons (Fsp3) is 0.370. The number of rotatable bonds is 4. The number of carbonyl (C=O) groups is 2. The zero-order valence-corrected chi connectivity index (χ0v) is 21.7. The van der Waals surface area contributed by atoms with Crippen molar-refractivity contribution in [3.05, 3.63) is 63.4 Å². The van der Waals surface area contributed by atoms with Crippen LogP contribution in [0.15, 0.2) is 35.3 Å². The molecular weight excluding hydrogens is 514 g/mol. The number of anilines is 2. The van der Waals surface area contributed by atoms with Crippen LogP contribution in [0.1, 0.15) is 53.4 Å². The number of nitrogen functional groups attached to an aromatic ring is 1. The number of nitrogens with one attached hydrogen (secondary N) is 1. The number of phenols is 1. The molecule has 5 rings (SSSR count). The minimum absolute atomic E-state index is 0.0134. The molecule has 1 saturated heterocycles. The number of fused-ring (bicyclic) bond motifs is 1. The molecule has 2 fully saturated rings. The summed E-state index contributed by atoms with van der Waals surface area (Å²) >= 11 is 0. The molecule has 0 spiro atoms. The van der Waals surface area contributed by atoms with Crippen molar-refractivity contribution in [3.8, 4) is 5.75 Å². The molecule has 2 atom stereocenters. The molecule has 2 heterocycles. The number of aromatic hydroxyl groups is 1. The molecule has 0 unspecified atom stereocenters. The highest BCUT2D eigenvalue weighted by molar-refractivity contribution is 5.99. The molecule has 1 aromatic heterocycles. The number of phenolic OH excluding ortho intramolecular Hbond substituents is 1. The molecule has 10 nitrogen and oxygen atoms in total. The fourth-order valence-electron chi connectivity index (χ4n) is 4.85. The minimum atomic E-state index is -1.45. The SMILES string of the molecule is COC(=O)c1ccc(O)cc1.C[C@@H]1CN(c2c(F)c(N)c3c(=O)c(C(=O)O)cn(C4CC4)c3c2F)C[C@H](C)N1. The number of aromatic nitrogens is 1. The van der Waals surface area contributed by atoms with Gasteiger partial charge in [0.1, 0.15) is 17.0 Å². The standard InChI is InChI=1S/C19H22F2N4O3.C8H8O3/c1-8-5-24(6-9(2)23-8)17-13(20)15(22)12-16(14(17)21)25(10-3-4-10)7-11(18(12)26)19(27)28;1-11-8(10)6-2-4-7(9)5-3-6/h7-10,23H,3-6,22H2,1-2H3,(H,27,28);2-5,9H,1H3/t8-,9+;. The second kappa shape index (κ2) is 10.9. The van der Waals surface area contributed by atoms with Crippen molar-refractivity contribution in [3.63, 3.8) is 0 Å². The van der Waals surface area contributed by atoms with Crippen molar-refractivity contribution in [2.24, 2.45) is 0 Å². The van der Waals surface area contributed by atoms with Crippen molar-refractivity contribution in [2.45, 2.75) is 44.8 Å². The maximum Gasteiger partial charge on any atom is 0.341 e. The van der Waals surface area contributed by atoms with E-state index in [-0.39, 0.29) is 35.1 Å². The van der Waals surface area contributed by atoms with Gasteiger partial charge in [-0.2, -0.15) is 0 Å². The molecule has 2 aromatic carbocycles. The Morgan fingerprint density at radius 1 is 1.08 bits per heavy atom. The van der Waals surface area contributed by atoms with Crippen LogP contribution in [0.3, 0.4) is 0 Å². The number of hydrogen-bond donors (Lipinski definition) is 4. The number of halogens is 2. The van der Waals surface area contributed by atoms with Crippen LogP contribution in [0, 0.1) is 11.6 Å². The van der Waals surface area contributed by atoms with E-state index >= 15 is 8.78 Å². The first-order chi connectivity index (χ1) is 18.4. The van der Waals surface area contributed by atoms with Gasteiger partial charge in [-0.3, -0.25) is 4.79 Å². The lowest BCUT2D eigenvalue weighted by atomic mass is 10.0. The highest BCUT2D eigenvalue weighted by atomic mass is 19.1. The predicted octanol–water partition coefficient (Wildman–Crippen LogP) is 3.26. The maximum absolute atomic E-state index is 15.6. The molecule has 208 valence electrons. The monoisotopic (exact) mass is 544 g/mol. The summed E-state index contributed by atoms with van der Waals surface area (Å²) in [4.78, 5) is 36.5. The third-order valence-electron chi connectivity index (χ3n) is 6.70. The van der Waals surface area contributed by atoms with Gasteiger partial charge in [0.25, 0.3) is 0 Å². The van der Waals surface area contributed by atoms with Gasteiger partial charge in [0.05, 0.1) is 29.3 Å². The van der Waals surface area contributed by atoms with Crippen molar-refractivity contribution < 1.29 is 33.3 Å². The number of hydrogen-bond acceptors (Lipinski definition) is 8. The van der Waals surface area contributed by atoms with Crippen LogP contribution in [-0.4, -0.2) is 59.0 Å². The van der Waals surface area contributed by atoms with Gasteiger partial charge in [-0.25, -0.2) is 18.4 Å². The molecule has 3 aromatic rings. The summed E-state index contributed by atoms with van der Waals surface area (Å²) in [6.45, 7) is 4.60. The summed E-state index contributed by atoms with van der Waals surface area (Å²) in [5, 5.41) is 21.1. The van der Waals surface area contributed by atoms with E-state index in [1.807, 2.05) is 13.8 Å². The Bertz CT molecular complexity index is 1480. The fourth-order valence-corrected chi connectivity index (χ4v) is 4.85. The Morgan fingerprint density at radius 2 is 1.67 bits per heavy atom. The number of piperazine rings is 1. The Kier molecular flexibility index (Phi) is 7.77. The topological polar surface area (TPSA) is 147 Å². The number of esters is 1. The highest BCUT2D eigenvalue weighted by Gasteiger charge is 2.34. The van der Waals surface area contributed by atoms with E-state index in [2.05, 4.69) is 10.1 Å². The smallest absolute Gasteiger partial charge is 0.341 e. The third-order valence-corrected chi connectivity index (χ3v) is 6.70. The molecule has 12 heteroatoms. The van der Waals surface area contributed by atoms with Gasteiger partial charge in [-0.15, -0.1) is 0 Å². The number of aromatic carboxylic acids is 1. The van der Waals surface area contributed by atoms with Gasteiger partial charge >= 0.3 is 11.9 Å². The molecule has 0 amide bonds. The summed E-state index contributed by atoms with van der Waals surface area (Å²) in [5.41, 5.74) is 3.97. The molecule has 1 aliphatic carbocycles. The van der Waals surface area contributed by atoms with Crippen LogP contribution in [-0.2, 0) is 4.74 Å². The average Bonchev–Trinajstić information content (AvgIpc) is 3.72. The number of carboxylic acids is 1. The van der Waals surface area contributed by atoms with Gasteiger partial charge in [-0.1, -0.05) is 0 Å². The zero-order valence-electron chi connectivity index (χ0n) is 21.7. The summed E-state index contributed by atoms with van der Waals surface area (Å²) in [5.74, 6) is -3.60. The lowest BCUT2D eigenvalue weighted by Gasteiger charge is -2.38. The molecule has 0 bridgehead atoms. The quantitative estimate of drug-likeness (QED) is 0.287. The van der Waals surface area contributed by atoms with Gasteiger partial charge in [0.2, 0.25) is 5.43 Å². The lowest BCUT2D eigenvalue weighted by Crippen LogP contribution is -2.54. The first-order valence-corrected chi connectivity index (χ1v) is 12.4. The lowest BCUT2D eigenvalue weighted by molar-refractivity contribution is 0.0599. The van der Waals surface area contributed by atoms with E-state index in [1.165, 1.54) is 35.9 Å². The van der Waals surface area contributed by atoms with Crippen molar-refractivity contribution in [1.29, 1.82) is 0 Å². The van der Waals surface area contributed by atoms with Gasteiger partial charge in [-0.05, 0) is 51.0 Å². The summed E-state index contributed by atoms with van der Waals surface area (Å²) < 4.78 is 36.7. The van der Waals surface area contributed by atoms with E-state index < -0.39 is 45.6 Å². The predicted molar refractivity (Wildman–Crippen MR) is 141 cm³/mol. The Labute approximate surface area is 222 Å². The molecule has 0 radical (unpaired) electrons. The molecule has 39 heavy (non-hydrogen) atoms. The van der Waals surface area contributed by atoms with E-state index in [1.54, 1.807) is 4.90 Å². The number of carboxylic acid groups (broad SMARTS) is 1. The summed E-state index contributed by atoms with van der Waals surface area (Å²) in [6, 6.07) is 5.77. The van der Waals surface area contributed by atoms with Crippen molar-refractivity contribution in [2.75, 3.05) is 30.8 Å². The normalized spacial score (nSPS) is 18.8. The highest BCUT2D eigenvalue weighted by Crippen LogP contribution is 2.41. The molecule has 1 aliphatic heterocycles. The number of nitrogens with zero attached hydrogens (tertiary/aromatic N) is 2. The van der Waals surface area contributed by atoms with Crippen LogP contribution < -0.4 is 21.4 Å². The zero-order chi connectivity index (χ0) is 28.6. The Hall–Kier alpha value is -4.19. The number of nitrogens with two attached hydrogens (primary N) is 1. The minimum Gasteiger partial charge on any atom is -0.508 e. The van der Waals surface area contributed by atoms with Gasteiger partial charge in [0, 0.05) is 37.4 Å². The second-order valence-electron chi connectivity index (χ2n) is 9.84. The number of carbonyl (C=O) groups excluding carboxylic acids is 1. The Balaban J connectivity index is 0.000000270. The molecular formula is C27H30F2N4O6. The van der Waals surface area contributed by atoms with Crippen LogP contribution in [0.5, 0.6) is 5.75 Å². The molecule has 5 N–H and O–H groups in total. The molecule has 2 aliphatic rings. The largest absolute Gasteiger partial charge is 0.508 e. The van der Waals surface area contributed by atoms with E-state index in [0.717, 1.165) is 19.0 Å². The van der Waals surface area contributed by atoms with Crippen LogP contribution in [0.2, 0.25) is 0 Å². The number of pyridine rings is 1. The number of methoxy groups -OCH3 is 1. The van der Waals surface area contributed by atoms with E-state index in [0.29, 0.717) is 18.7 Å². The first kappa shape index (κ1) is 27.8. The first-order valence-electron chi connectivity index (χ1n) is 12.4. The van der Waals surface area contributed by atoms with E-state index in [9.17, 15) is 19.5 Å². The Morgan fingerprint density at radius 3 is 2.18 bits per heavy atom. The third kappa shape index (κ3) is 5.51. The van der Waals surface area contributed by atoms with Crippen LogP contribution in [0.4, 0.5) is 20.2 Å². The van der Waals surface area contributed by atoms with Crippen LogP contribution >= 0.6 is 0 Å². The summed E-state index contributed by atoms with van der Waals surface area (Å²) in [6.07, 6.45) is 2.60. The van der Waals surface area contributed by atoms with Crippen LogP contribution in [0.25, 0.3) is 10.9 Å². The molecule has 1 saturated carbocycles. The van der Waals surface area contributed by atoms with E-state index in [4.69, 9.17) is 10.8 Å². The average molecular weight is 545 g/mol. The van der Waals surface area contributed by atoms with Gasteiger partial charge < -0.3 is 35.5 Å². The van der Waals surface area contributed by atoms with Crippen molar-refractivity contribution >= 4 is 34.2 Å². The van der Waals surface area contributed by atoms with Crippen molar-refractivity contribution in [1.82, 2.24) is 9.88 Å². The summed E-state index contributed by atoms with van der Waals surface area (Å²) in [7, 11) is 1.31. The number of benzene rings is 2. The van der Waals surface area contributed by atoms with Gasteiger partial charge in [0.15, 0.2) is 11.6 Å². The second-order valence-corrected chi connectivity index (χ2v) is 9.84.